The summed E-state index contributed by atoms with van der Waals surface area (Å²) in [6.45, 7) is 1.43. The van der Waals surface area contributed by atoms with E-state index in [2.05, 4.69) is 20.4 Å². The van der Waals surface area contributed by atoms with E-state index in [4.69, 9.17) is 11.6 Å². The number of para-hydroxylation sites is 1. The minimum absolute atomic E-state index is 0.0940. The summed E-state index contributed by atoms with van der Waals surface area (Å²) in [7, 11) is 0. The molecule has 0 saturated heterocycles. The summed E-state index contributed by atoms with van der Waals surface area (Å²) >= 11 is 6.12. The second-order valence-electron chi connectivity index (χ2n) is 7.75. The lowest BCUT2D eigenvalue weighted by molar-refractivity contribution is -0.117. The number of nitrogens with zero attached hydrogens (tertiary/aromatic N) is 2. The van der Waals surface area contributed by atoms with Crippen molar-refractivity contribution in [3.05, 3.63) is 75.4 Å². The summed E-state index contributed by atoms with van der Waals surface area (Å²) in [6.07, 6.45) is -0.606. The highest BCUT2D eigenvalue weighted by atomic mass is 35.5. The number of carbonyl (C=O) groups excluding carboxylic acids is 1. The highest BCUT2D eigenvalue weighted by Crippen LogP contribution is 2.49. The zero-order valence-electron chi connectivity index (χ0n) is 16.5. The molecule has 0 radical (unpaired) electrons. The van der Waals surface area contributed by atoms with Gasteiger partial charge in [0.05, 0.1) is 28.1 Å². The molecule has 5 rings (SSSR count). The van der Waals surface area contributed by atoms with Crippen molar-refractivity contribution in [3.8, 4) is 5.69 Å². The van der Waals surface area contributed by atoms with Crippen LogP contribution in [0.25, 0.3) is 16.7 Å². The largest absolute Gasteiger partial charge is 0.324 e. The Kier molecular flexibility index (Phi) is 4.66. The first kappa shape index (κ1) is 19.6. The Hall–Kier alpha value is -3.39. The summed E-state index contributed by atoms with van der Waals surface area (Å²) in [4.78, 5) is 29.9. The number of benzene rings is 2. The van der Waals surface area contributed by atoms with Crippen LogP contribution < -0.4 is 11.0 Å². The molecule has 4 aromatic rings. The third-order valence-corrected chi connectivity index (χ3v) is 5.77. The van der Waals surface area contributed by atoms with Crippen LogP contribution in [-0.4, -0.2) is 25.7 Å². The number of anilines is 1. The van der Waals surface area contributed by atoms with Crippen molar-refractivity contribution >= 4 is 34.2 Å². The number of halogens is 2. The minimum Gasteiger partial charge on any atom is -0.324 e. The number of H-pyrrole nitrogens is 2. The van der Waals surface area contributed by atoms with Gasteiger partial charge in [0.1, 0.15) is 6.17 Å². The van der Waals surface area contributed by atoms with Crippen molar-refractivity contribution in [2.45, 2.75) is 25.4 Å². The number of aromatic amines is 2. The first-order valence-electron chi connectivity index (χ1n) is 9.92. The van der Waals surface area contributed by atoms with E-state index in [9.17, 15) is 14.0 Å². The molecule has 0 aliphatic heterocycles. The highest BCUT2D eigenvalue weighted by Gasteiger charge is 2.46. The van der Waals surface area contributed by atoms with Gasteiger partial charge in [-0.25, -0.2) is 13.9 Å². The lowest BCUT2D eigenvalue weighted by Crippen LogP contribution is -2.15. The first-order chi connectivity index (χ1) is 14.9. The molecule has 1 amide bonds. The van der Waals surface area contributed by atoms with Crippen LogP contribution in [0.2, 0.25) is 5.02 Å². The second-order valence-corrected chi connectivity index (χ2v) is 8.18. The monoisotopic (exact) mass is 439 g/mol. The van der Waals surface area contributed by atoms with Crippen LogP contribution in [0.5, 0.6) is 0 Å². The molecule has 2 aromatic carbocycles. The van der Waals surface area contributed by atoms with E-state index in [0.29, 0.717) is 33.9 Å². The van der Waals surface area contributed by atoms with Crippen LogP contribution in [0, 0.1) is 5.92 Å². The van der Waals surface area contributed by atoms with E-state index < -0.39 is 6.17 Å². The number of hydrogen-bond donors (Lipinski definition) is 3. The number of nitrogens with one attached hydrogen (secondary N) is 3. The SMILES string of the molecule is CC(F)c1cc(C2CC2C(=O)Nc2cccc3[nH]c(=O)[nH]c23)n(-c2cccc(Cl)c2)n1. The topological polar surface area (TPSA) is 95.6 Å². The van der Waals surface area contributed by atoms with Crippen molar-refractivity contribution in [2.75, 3.05) is 5.32 Å². The van der Waals surface area contributed by atoms with Gasteiger partial charge in [-0.15, -0.1) is 0 Å². The van der Waals surface area contributed by atoms with Gasteiger partial charge in [-0.3, -0.25) is 4.79 Å². The Labute approximate surface area is 181 Å². The molecular formula is C22H19ClFN5O2. The second kappa shape index (κ2) is 7.39. The van der Waals surface area contributed by atoms with Crippen molar-refractivity contribution in [1.82, 2.24) is 19.7 Å². The number of fused-ring (bicyclic) bond motifs is 1. The van der Waals surface area contributed by atoms with Gasteiger partial charge >= 0.3 is 5.69 Å². The highest BCUT2D eigenvalue weighted by molar-refractivity contribution is 6.30. The molecule has 0 spiro atoms. The van der Waals surface area contributed by atoms with Gasteiger partial charge in [0.15, 0.2) is 0 Å². The Balaban J connectivity index is 1.42. The normalized spacial score (nSPS) is 18.8. The third kappa shape index (κ3) is 3.63. The summed E-state index contributed by atoms with van der Waals surface area (Å²) < 4.78 is 15.7. The maximum Gasteiger partial charge on any atom is 0.323 e. The maximum atomic E-state index is 14.0. The molecule has 0 bridgehead atoms. The van der Waals surface area contributed by atoms with Gasteiger partial charge in [0.25, 0.3) is 0 Å². The minimum atomic E-state index is -1.23. The molecule has 9 heteroatoms. The average Bonchev–Trinajstić information content (AvgIpc) is 3.23. The third-order valence-electron chi connectivity index (χ3n) is 5.53. The van der Waals surface area contributed by atoms with E-state index in [1.165, 1.54) is 6.92 Å². The van der Waals surface area contributed by atoms with Crippen LogP contribution in [0.3, 0.4) is 0 Å². The summed E-state index contributed by atoms with van der Waals surface area (Å²) in [5, 5.41) is 7.86. The van der Waals surface area contributed by atoms with Gasteiger partial charge in [0, 0.05) is 22.6 Å². The molecule has 158 valence electrons. The fourth-order valence-corrected chi connectivity index (χ4v) is 4.07. The average molecular weight is 440 g/mol. The molecule has 3 N–H and O–H groups in total. The van der Waals surface area contributed by atoms with E-state index in [1.807, 2.05) is 6.07 Å². The molecule has 2 heterocycles. The zero-order chi connectivity index (χ0) is 21.7. The molecular weight excluding hydrogens is 421 g/mol. The molecule has 1 fully saturated rings. The smallest absolute Gasteiger partial charge is 0.323 e. The Morgan fingerprint density at radius 3 is 2.84 bits per heavy atom. The standard InChI is InChI=1S/C22H19ClFN5O2/c1-11(24)18-10-19(29(28-18)13-5-2-4-12(23)8-13)14-9-15(14)21(30)25-16-6-3-7-17-20(16)27-22(31)26-17/h2-8,10-11,14-15H,9H2,1H3,(H,25,30)(H2,26,27,31). The Morgan fingerprint density at radius 2 is 2.06 bits per heavy atom. The van der Waals surface area contributed by atoms with E-state index in [1.54, 1.807) is 47.1 Å². The lowest BCUT2D eigenvalue weighted by atomic mass is 10.2. The van der Waals surface area contributed by atoms with Crippen molar-refractivity contribution in [1.29, 1.82) is 0 Å². The summed E-state index contributed by atoms with van der Waals surface area (Å²) in [5.74, 6) is -0.532. The zero-order valence-corrected chi connectivity index (χ0v) is 17.3. The quantitative estimate of drug-likeness (QED) is 0.428. The predicted molar refractivity (Wildman–Crippen MR) is 116 cm³/mol. The summed E-state index contributed by atoms with van der Waals surface area (Å²) in [6, 6.07) is 14.1. The van der Waals surface area contributed by atoms with Crippen LogP contribution in [0.4, 0.5) is 10.1 Å². The molecule has 1 aliphatic carbocycles. The molecule has 7 nitrogen and oxygen atoms in total. The van der Waals surface area contributed by atoms with Gasteiger partial charge in [-0.1, -0.05) is 23.7 Å². The van der Waals surface area contributed by atoms with Crippen molar-refractivity contribution < 1.29 is 9.18 Å². The molecule has 1 aliphatic rings. The number of amides is 1. The summed E-state index contributed by atoms with van der Waals surface area (Å²) in [5.41, 5.74) is 3.18. The lowest BCUT2D eigenvalue weighted by Gasteiger charge is -2.09. The van der Waals surface area contributed by atoms with Crippen molar-refractivity contribution in [2.24, 2.45) is 5.92 Å². The van der Waals surface area contributed by atoms with Crippen LogP contribution in [0.1, 0.15) is 36.8 Å². The molecule has 3 unspecified atom stereocenters. The van der Waals surface area contributed by atoms with Gasteiger partial charge in [-0.05, 0) is 49.7 Å². The molecule has 1 saturated carbocycles. The number of aromatic nitrogens is 4. The number of hydrogen-bond acceptors (Lipinski definition) is 3. The molecule has 31 heavy (non-hydrogen) atoms. The number of carbonyl (C=O) groups is 1. The van der Waals surface area contributed by atoms with Crippen molar-refractivity contribution in [3.63, 3.8) is 0 Å². The maximum absolute atomic E-state index is 14.0. The van der Waals surface area contributed by atoms with E-state index in [0.717, 1.165) is 11.4 Å². The number of rotatable bonds is 5. The molecule has 3 atom stereocenters. The Morgan fingerprint density at radius 1 is 1.26 bits per heavy atom. The van der Waals surface area contributed by atoms with Gasteiger partial charge < -0.3 is 15.3 Å². The van der Waals surface area contributed by atoms with Crippen LogP contribution in [-0.2, 0) is 4.79 Å². The van der Waals surface area contributed by atoms with E-state index in [-0.39, 0.29) is 23.4 Å². The first-order valence-corrected chi connectivity index (χ1v) is 10.3. The predicted octanol–water partition coefficient (Wildman–Crippen LogP) is 4.47. The fourth-order valence-electron chi connectivity index (χ4n) is 3.89. The fraction of sp³-hybridized carbons (Fsp3) is 0.227. The number of alkyl halides is 1. The van der Waals surface area contributed by atoms with Gasteiger partial charge in [0.2, 0.25) is 5.91 Å². The number of imidazole rings is 1. The Bertz CT molecular complexity index is 1360. The van der Waals surface area contributed by atoms with Gasteiger partial charge in [-0.2, -0.15) is 5.10 Å². The van der Waals surface area contributed by atoms with Crippen LogP contribution >= 0.6 is 11.6 Å². The van der Waals surface area contributed by atoms with Crippen LogP contribution in [0.15, 0.2) is 53.3 Å². The molecule has 2 aromatic heterocycles. The van der Waals surface area contributed by atoms with E-state index >= 15 is 0 Å².